The molecule has 0 radical (unpaired) electrons. The van der Waals surface area contributed by atoms with Gasteiger partial charge in [0.2, 0.25) is 0 Å². The summed E-state index contributed by atoms with van der Waals surface area (Å²) in [5.74, 6) is -5.29. The van der Waals surface area contributed by atoms with E-state index in [0.717, 1.165) is 9.80 Å². The number of hydrogen-bond acceptors (Lipinski definition) is 4. The van der Waals surface area contributed by atoms with E-state index in [1.165, 1.54) is 34.6 Å². The number of amides is 3. The van der Waals surface area contributed by atoms with E-state index in [1.54, 1.807) is 0 Å². The van der Waals surface area contributed by atoms with Gasteiger partial charge in [-0.3, -0.25) is 14.5 Å². The molecule has 1 heterocycles. The van der Waals surface area contributed by atoms with Crippen LogP contribution >= 0.6 is 0 Å². The van der Waals surface area contributed by atoms with Gasteiger partial charge in [-0.2, -0.15) is 13.2 Å². The van der Waals surface area contributed by atoms with E-state index in [2.05, 4.69) is 4.74 Å². The molecule has 0 unspecified atom stereocenters. The normalized spacial score (nSPS) is 20.7. The number of urea groups is 1. The third kappa shape index (κ3) is 3.59. The van der Waals surface area contributed by atoms with Crippen molar-refractivity contribution in [3.05, 3.63) is 0 Å². The lowest BCUT2D eigenvalue weighted by Gasteiger charge is -2.31. The van der Waals surface area contributed by atoms with Gasteiger partial charge in [0.1, 0.15) is 6.04 Å². The molecular formula is C14H21F3N2O4. The molecule has 0 bridgehead atoms. The number of carbonyl (C=O) groups excluding carboxylic acids is 3. The van der Waals surface area contributed by atoms with Crippen LogP contribution in [0.1, 0.15) is 34.6 Å². The molecule has 1 aliphatic heterocycles. The highest BCUT2D eigenvalue weighted by molar-refractivity contribution is 6.06. The molecular weight excluding hydrogens is 317 g/mol. The summed E-state index contributed by atoms with van der Waals surface area (Å²) in [7, 11) is 0. The molecule has 0 aromatic carbocycles. The minimum Gasteiger partial charge on any atom is -0.465 e. The summed E-state index contributed by atoms with van der Waals surface area (Å²) in [6.45, 7) is 7.12. The monoisotopic (exact) mass is 338 g/mol. The van der Waals surface area contributed by atoms with E-state index in [0.29, 0.717) is 0 Å². The molecule has 1 saturated heterocycles. The Morgan fingerprint density at radius 2 is 1.70 bits per heavy atom. The van der Waals surface area contributed by atoms with Crippen molar-refractivity contribution in [1.29, 1.82) is 0 Å². The first-order chi connectivity index (χ1) is 10.4. The van der Waals surface area contributed by atoms with Crippen molar-refractivity contribution in [3.8, 4) is 0 Å². The second-order valence-corrected chi connectivity index (χ2v) is 5.80. The number of ether oxygens (including phenoxy) is 1. The summed E-state index contributed by atoms with van der Waals surface area (Å²) >= 11 is 0. The average molecular weight is 338 g/mol. The molecule has 23 heavy (non-hydrogen) atoms. The Hall–Kier alpha value is -1.80. The summed E-state index contributed by atoms with van der Waals surface area (Å²) in [5.41, 5.74) is 0. The molecule has 2 atom stereocenters. The Bertz CT molecular complexity index is 491. The Morgan fingerprint density at radius 1 is 1.17 bits per heavy atom. The molecule has 0 aromatic rings. The Labute approximate surface area is 132 Å². The zero-order valence-electron chi connectivity index (χ0n) is 13.7. The molecule has 0 aliphatic carbocycles. The van der Waals surface area contributed by atoms with Crippen LogP contribution in [-0.4, -0.2) is 58.6 Å². The van der Waals surface area contributed by atoms with Crippen molar-refractivity contribution < 1.29 is 32.3 Å². The van der Waals surface area contributed by atoms with Crippen LogP contribution in [0.25, 0.3) is 0 Å². The number of esters is 1. The summed E-state index contributed by atoms with van der Waals surface area (Å²) in [4.78, 5) is 38.1. The van der Waals surface area contributed by atoms with Gasteiger partial charge in [0, 0.05) is 12.1 Å². The van der Waals surface area contributed by atoms with Gasteiger partial charge in [-0.05, 0) is 34.6 Å². The van der Waals surface area contributed by atoms with Crippen molar-refractivity contribution >= 4 is 17.9 Å². The molecule has 0 N–H and O–H groups in total. The third-order valence-corrected chi connectivity index (χ3v) is 3.50. The first-order valence-corrected chi connectivity index (χ1v) is 7.33. The largest absolute Gasteiger partial charge is 0.465 e. The first kappa shape index (κ1) is 19.2. The summed E-state index contributed by atoms with van der Waals surface area (Å²) in [6.07, 6.45) is -5.01. The fourth-order valence-corrected chi connectivity index (χ4v) is 2.59. The van der Waals surface area contributed by atoms with E-state index in [4.69, 9.17) is 0 Å². The van der Waals surface area contributed by atoms with E-state index in [9.17, 15) is 27.6 Å². The van der Waals surface area contributed by atoms with Crippen LogP contribution in [-0.2, 0) is 14.3 Å². The fourth-order valence-electron chi connectivity index (χ4n) is 2.59. The fraction of sp³-hybridized carbons (Fsp3) is 0.786. The van der Waals surface area contributed by atoms with E-state index in [-0.39, 0.29) is 6.61 Å². The van der Waals surface area contributed by atoms with Gasteiger partial charge < -0.3 is 9.64 Å². The third-order valence-electron chi connectivity index (χ3n) is 3.50. The summed E-state index contributed by atoms with van der Waals surface area (Å²) < 4.78 is 44.7. The van der Waals surface area contributed by atoms with Crippen molar-refractivity contribution in [2.24, 2.45) is 5.92 Å². The van der Waals surface area contributed by atoms with E-state index >= 15 is 0 Å². The van der Waals surface area contributed by atoms with Crippen LogP contribution in [0, 0.1) is 5.92 Å². The minimum absolute atomic E-state index is 0.254. The van der Waals surface area contributed by atoms with E-state index < -0.39 is 48.1 Å². The lowest BCUT2D eigenvalue weighted by Crippen LogP contribution is -2.52. The highest BCUT2D eigenvalue weighted by atomic mass is 19.4. The van der Waals surface area contributed by atoms with Gasteiger partial charge in [0.05, 0.1) is 6.61 Å². The van der Waals surface area contributed by atoms with Crippen molar-refractivity contribution in [3.63, 3.8) is 0 Å². The molecule has 0 aromatic heterocycles. The van der Waals surface area contributed by atoms with Gasteiger partial charge in [-0.1, -0.05) is 0 Å². The average Bonchev–Trinajstić information content (AvgIpc) is 2.59. The van der Waals surface area contributed by atoms with Crippen molar-refractivity contribution in [2.45, 2.75) is 58.9 Å². The summed E-state index contributed by atoms with van der Waals surface area (Å²) in [5, 5.41) is 0. The molecule has 6 nitrogen and oxygen atoms in total. The topological polar surface area (TPSA) is 66.9 Å². The molecule has 1 aliphatic rings. The minimum atomic E-state index is -5.01. The maximum absolute atomic E-state index is 13.4. The number of alkyl halides is 3. The van der Waals surface area contributed by atoms with Gasteiger partial charge in [0.25, 0.3) is 5.91 Å². The smallest absolute Gasteiger partial charge is 0.404 e. The Balaban J connectivity index is 3.39. The predicted octanol–water partition coefficient (Wildman–Crippen LogP) is 2.18. The molecule has 132 valence electrons. The standard InChI is InChI=1S/C14H21F3N2O4/c1-6-23-12(21)9(14(15,16)17)10-11(20)19(8(4)5)13(22)18(10)7(2)3/h7-10H,6H2,1-5H3/t9-,10-/m0/s1. The van der Waals surface area contributed by atoms with Crippen LogP contribution in [0.3, 0.4) is 0 Å². The highest BCUT2D eigenvalue weighted by Crippen LogP contribution is 2.37. The lowest BCUT2D eigenvalue weighted by molar-refractivity contribution is -0.207. The quantitative estimate of drug-likeness (QED) is 0.569. The second kappa shape index (κ2) is 6.76. The number of hydrogen-bond donors (Lipinski definition) is 0. The summed E-state index contributed by atoms with van der Waals surface area (Å²) in [6, 6.07) is -4.07. The Kier molecular flexibility index (Phi) is 5.65. The zero-order chi connectivity index (χ0) is 18.1. The zero-order valence-corrected chi connectivity index (χ0v) is 13.7. The first-order valence-electron chi connectivity index (χ1n) is 7.33. The second-order valence-electron chi connectivity index (χ2n) is 5.80. The lowest BCUT2D eigenvalue weighted by atomic mass is 9.96. The molecule has 0 spiro atoms. The maximum Gasteiger partial charge on any atom is 0.404 e. The molecule has 9 heteroatoms. The maximum atomic E-state index is 13.4. The molecule has 3 amide bonds. The van der Waals surface area contributed by atoms with E-state index in [1.807, 2.05) is 0 Å². The number of halogens is 3. The number of carbonyl (C=O) groups is 3. The van der Waals surface area contributed by atoms with Crippen LogP contribution in [0.4, 0.5) is 18.0 Å². The Morgan fingerprint density at radius 3 is 2.04 bits per heavy atom. The van der Waals surface area contributed by atoms with Gasteiger partial charge in [-0.15, -0.1) is 0 Å². The van der Waals surface area contributed by atoms with Gasteiger partial charge >= 0.3 is 18.2 Å². The molecule has 0 saturated carbocycles. The van der Waals surface area contributed by atoms with Crippen LogP contribution in [0.2, 0.25) is 0 Å². The van der Waals surface area contributed by atoms with Crippen LogP contribution in [0.15, 0.2) is 0 Å². The van der Waals surface area contributed by atoms with Gasteiger partial charge in [0.15, 0.2) is 5.92 Å². The molecule has 1 fully saturated rings. The number of nitrogens with zero attached hydrogens (tertiary/aromatic N) is 2. The molecule has 1 rings (SSSR count). The predicted molar refractivity (Wildman–Crippen MR) is 74.3 cm³/mol. The number of imide groups is 1. The van der Waals surface area contributed by atoms with Crippen LogP contribution < -0.4 is 0 Å². The SMILES string of the molecule is CCOC(=O)[C@H]([C@H]1C(=O)N(C(C)C)C(=O)N1C(C)C)C(F)(F)F. The van der Waals surface area contributed by atoms with Gasteiger partial charge in [-0.25, -0.2) is 4.79 Å². The van der Waals surface area contributed by atoms with Crippen molar-refractivity contribution in [1.82, 2.24) is 9.80 Å². The highest BCUT2D eigenvalue weighted by Gasteiger charge is 2.61. The number of rotatable bonds is 5. The van der Waals surface area contributed by atoms with Crippen molar-refractivity contribution in [2.75, 3.05) is 6.61 Å². The van der Waals surface area contributed by atoms with Crippen LogP contribution in [0.5, 0.6) is 0 Å².